The number of benzene rings is 1. The lowest BCUT2D eigenvalue weighted by Gasteiger charge is -2.07. The minimum atomic E-state index is -0.261. The number of amides is 1. The second-order valence-corrected chi connectivity index (χ2v) is 4.43. The Kier molecular flexibility index (Phi) is 4.02. The highest BCUT2D eigenvalue weighted by Gasteiger charge is 2.09. The van der Waals surface area contributed by atoms with E-state index in [2.05, 4.69) is 10.3 Å². The van der Waals surface area contributed by atoms with Gasteiger partial charge in [0.1, 0.15) is 11.6 Å². The number of nitrogens with zero attached hydrogens (tertiary/aromatic N) is 1. The van der Waals surface area contributed by atoms with Crippen LogP contribution in [0.3, 0.4) is 0 Å². The fraction of sp³-hybridized carbons (Fsp3) is 0.143. The van der Waals surface area contributed by atoms with E-state index < -0.39 is 0 Å². The molecule has 0 saturated heterocycles. The number of halogens is 1. The Morgan fingerprint density at radius 2 is 2.11 bits per heavy atom. The van der Waals surface area contributed by atoms with E-state index >= 15 is 0 Å². The lowest BCUT2D eigenvalue weighted by Crippen LogP contribution is -2.13. The van der Waals surface area contributed by atoms with Crippen molar-refractivity contribution in [3.63, 3.8) is 0 Å². The Hall–Kier alpha value is -2.07. The molecule has 98 valence electrons. The number of aromatic nitrogens is 1. The summed E-state index contributed by atoms with van der Waals surface area (Å²) < 4.78 is 5.04. The molecule has 2 aromatic rings. The fourth-order valence-corrected chi connectivity index (χ4v) is 1.86. The average Bonchev–Trinajstić information content (AvgIpc) is 2.38. The van der Waals surface area contributed by atoms with Crippen LogP contribution in [0.2, 0.25) is 5.02 Å². The first kappa shape index (κ1) is 13.4. The van der Waals surface area contributed by atoms with Gasteiger partial charge in [0.25, 0.3) is 5.91 Å². The third-order valence-corrected chi connectivity index (χ3v) is 2.87. The molecule has 0 spiro atoms. The molecule has 0 radical (unpaired) electrons. The lowest BCUT2D eigenvalue weighted by atomic mass is 10.2. The second-order valence-electron chi connectivity index (χ2n) is 4.02. The normalized spacial score (nSPS) is 10.1. The summed E-state index contributed by atoms with van der Waals surface area (Å²) in [5.41, 5.74) is 1.48. The summed E-state index contributed by atoms with van der Waals surface area (Å²) in [7, 11) is 1.53. The standard InChI is InChI=1S/C14H13ClN2O2/c1-9-5-6-16-13(7-9)17-14(18)10-3-4-12(19-2)11(15)8-10/h3-8H,1-2H3,(H,16,17,18). The third-order valence-electron chi connectivity index (χ3n) is 2.57. The molecule has 0 aliphatic carbocycles. The van der Waals surface area contributed by atoms with Crippen LogP contribution in [0.25, 0.3) is 0 Å². The summed E-state index contributed by atoms with van der Waals surface area (Å²) in [5, 5.41) is 3.11. The number of hydrogen-bond acceptors (Lipinski definition) is 3. The Morgan fingerprint density at radius 1 is 1.32 bits per heavy atom. The van der Waals surface area contributed by atoms with E-state index in [1.165, 1.54) is 7.11 Å². The molecule has 2 rings (SSSR count). The first-order valence-electron chi connectivity index (χ1n) is 5.67. The predicted molar refractivity (Wildman–Crippen MR) is 74.9 cm³/mol. The third kappa shape index (κ3) is 3.23. The van der Waals surface area contributed by atoms with Gasteiger partial charge in [-0.15, -0.1) is 0 Å². The molecule has 1 aromatic carbocycles. The van der Waals surface area contributed by atoms with Crippen LogP contribution in [0.1, 0.15) is 15.9 Å². The quantitative estimate of drug-likeness (QED) is 0.936. The summed E-state index contributed by atoms with van der Waals surface area (Å²) in [4.78, 5) is 16.1. The maximum Gasteiger partial charge on any atom is 0.256 e. The lowest BCUT2D eigenvalue weighted by molar-refractivity contribution is 0.102. The molecule has 4 nitrogen and oxygen atoms in total. The number of nitrogens with one attached hydrogen (secondary N) is 1. The number of pyridine rings is 1. The van der Waals surface area contributed by atoms with Gasteiger partial charge in [-0.05, 0) is 42.8 Å². The molecule has 0 fully saturated rings. The van der Waals surface area contributed by atoms with Crippen LogP contribution >= 0.6 is 11.6 Å². The zero-order valence-electron chi connectivity index (χ0n) is 10.6. The summed E-state index contributed by atoms with van der Waals surface area (Å²) in [6.07, 6.45) is 1.64. The van der Waals surface area contributed by atoms with Gasteiger partial charge >= 0.3 is 0 Å². The van der Waals surface area contributed by atoms with Crippen LogP contribution in [0.15, 0.2) is 36.5 Å². The Labute approximate surface area is 116 Å². The highest BCUT2D eigenvalue weighted by Crippen LogP contribution is 2.25. The molecule has 0 aliphatic rings. The molecule has 0 unspecified atom stereocenters. The van der Waals surface area contributed by atoms with Crippen LogP contribution in [0, 0.1) is 6.92 Å². The molecular weight excluding hydrogens is 264 g/mol. The predicted octanol–water partition coefficient (Wildman–Crippen LogP) is 3.30. The molecule has 0 bridgehead atoms. The van der Waals surface area contributed by atoms with Crippen molar-refractivity contribution in [3.05, 3.63) is 52.7 Å². The number of aryl methyl sites for hydroxylation is 1. The van der Waals surface area contributed by atoms with Crippen LogP contribution in [-0.2, 0) is 0 Å². The zero-order valence-corrected chi connectivity index (χ0v) is 11.4. The number of carbonyl (C=O) groups excluding carboxylic acids is 1. The number of carbonyl (C=O) groups is 1. The van der Waals surface area contributed by atoms with Gasteiger partial charge in [0.2, 0.25) is 0 Å². The molecule has 5 heteroatoms. The molecule has 1 N–H and O–H groups in total. The molecule has 1 amide bonds. The summed E-state index contributed by atoms with van der Waals surface area (Å²) in [5.74, 6) is 0.784. The highest BCUT2D eigenvalue weighted by molar-refractivity contribution is 6.32. The van der Waals surface area contributed by atoms with Gasteiger partial charge in [0, 0.05) is 11.8 Å². The van der Waals surface area contributed by atoms with Gasteiger partial charge in [0.05, 0.1) is 12.1 Å². The fourth-order valence-electron chi connectivity index (χ4n) is 1.60. The van der Waals surface area contributed by atoms with Crippen molar-refractivity contribution in [1.82, 2.24) is 4.98 Å². The second kappa shape index (κ2) is 5.71. The molecule has 19 heavy (non-hydrogen) atoms. The highest BCUT2D eigenvalue weighted by atomic mass is 35.5. The number of methoxy groups -OCH3 is 1. The number of hydrogen-bond donors (Lipinski definition) is 1. The monoisotopic (exact) mass is 276 g/mol. The number of rotatable bonds is 3. The van der Waals surface area contributed by atoms with E-state index in [4.69, 9.17) is 16.3 Å². The van der Waals surface area contributed by atoms with E-state index in [9.17, 15) is 4.79 Å². The van der Waals surface area contributed by atoms with Crippen LogP contribution in [0.4, 0.5) is 5.82 Å². The van der Waals surface area contributed by atoms with Crippen molar-refractivity contribution in [2.75, 3.05) is 12.4 Å². The smallest absolute Gasteiger partial charge is 0.256 e. The Balaban J connectivity index is 2.18. The van der Waals surface area contributed by atoms with Crippen LogP contribution < -0.4 is 10.1 Å². The maximum absolute atomic E-state index is 12.0. The SMILES string of the molecule is COc1ccc(C(=O)Nc2cc(C)ccn2)cc1Cl. The summed E-state index contributed by atoms with van der Waals surface area (Å²) in [6, 6.07) is 8.52. The van der Waals surface area contributed by atoms with E-state index in [0.29, 0.717) is 22.2 Å². The molecule has 0 atom stereocenters. The van der Waals surface area contributed by atoms with E-state index in [1.54, 1.807) is 30.5 Å². The molecule has 0 aliphatic heterocycles. The largest absolute Gasteiger partial charge is 0.495 e. The van der Waals surface area contributed by atoms with E-state index in [0.717, 1.165) is 5.56 Å². The zero-order chi connectivity index (χ0) is 13.8. The van der Waals surface area contributed by atoms with Gasteiger partial charge in [-0.25, -0.2) is 4.98 Å². The van der Waals surface area contributed by atoms with Crippen molar-refractivity contribution in [3.8, 4) is 5.75 Å². The van der Waals surface area contributed by atoms with Gasteiger partial charge in [-0.2, -0.15) is 0 Å². The average molecular weight is 277 g/mol. The molecule has 1 heterocycles. The summed E-state index contributed by atoms with van der Waals surface area (Å²) >= 11 is 5.98. The van der Waals surface area contributed by atoms with Gasteiger partial charge < -0.3 is 10.1 Å². The topological polar surface area (TPSA) is 51.2 Å². The van der Waals surface area contributed by atoms with Crippen molar-refractivity contribution in [2.45, 2.75) is 6.92 Å². The molecular formula is C14H13ClN2O2. The number of ether oxygens (including phenoxy) is 1. The van der Waals surface area contributed by atoms with Crippen molar-refractivity contribution >= 4 is 23.3 Å². The minimum absolute atomic E-state index is 0.261. The van der Waals surface area contributed by atoms with Crippen molar-refractivity contribution < 1.29 is 9.53 Å². The van der Waals surface area contributed by atoms with E-state index in [1.807, 2.05) is 13.0 Å². The first-order valence-corrected chi connectivity index (χ1v) is 6.05. The summed E-state index contributed by atoms with van der Waals surface area (Å²) in [6.45, 7) is 1.93. The van der Waals surface area contributed by atoms with Crippen molar-refractivity contribution in [1.29, 1.82) is 0 Å². The minimum Gasteiger partial charge on any atom is -0.495 e. The van der Waals surface area contributed by atoms with Crippen LogP contribution in [-0.4, -0.2) is 18.0 Å². The molecule has 1 aromatic heterocycles. The number of anilines is 1. The molecule has 0 saturated carbocycles. The van der Waals surface area contributed by atoms with Gasteiger partial charge in [0.15, 0.2) is 0 Å². The van der Waals surface area contributed by atoms with Gasteiger partial charge in [-0.3, -0.25) is 4.79 Å². The Morgan fingerprint density at radius 3 is 2.74 bits per heavy atom. The Bertz CT molecular complexity index is 614. The van der Waals surface area contributed by atoms with Gasteiger partial charge in [-0.1, -0.05) is 11.6 Å². The van der Waals surface area contributed by atoms with E-state index in [-0.39, 0.29) is 5.91 Å². The van der Waals surface area contributed by atoms with Crippen LogP contribution in [0.5, 0.6) is 5.75 Å². The first-order chi connectivity index (χ1) is 9.10. The maximum atomic E-state index is 12.0. The van der Waals surface area contributed by atoms with Crippen molar-refractivity contribution in [2.24, 2.45) is 0 Å².